The molecular formula is C21H24N4O3S2. The average molecular weight is 445 g/mol. The van der Waals surface area contributed by atoms with Crippen molar-refractivity contribution in [3.05, 3.63) is 60.2 Å². The SMILES string of the molecule is Cc1cccc(-n2c(SCCS(=O)(=O)c3ccccc3)nnc2N2CCOCC2)c1. The number of anilines is 1. The Morgan fingerprint density at radius 3 is 2.53 bits per heavy atom. The third kappa shape index (κ3) is 4.69. The molecule has 1 aromatic heterocycles. The molecule has 0 unspecified atom stereocenters. The Morgan fingerprint density at radius 2 is 1.80 bits per heavy atom. The fourth-order valence-corrected chi connectivity index (χ4v) is 5.92. The van der Waals surface area contributed by atoms with Gasteiger partial charge in [-0.3, -0.25) is 4.57 Å². The number of thioether (sulfide) groups is 1. The van der Waals surface area contributed by atoms with Crippen LogP contribution in [-0.4, -0.2) is 61.0 Å². The maximum atomic E-state index is 12.6. The number of nitrogens with zero attached hydrogens (tertiary/aromatic N) is 4. The highest BCUT2D eigenvalue weighted by Crippen LogP contribution is 2.28. The Morgan fingerprint density at radius 1 is 1.03 bits per heavy atom. The molecule has 1 fully saturated rings. The molecule has 1 aliphatic rings. The van der Waals surface area contributed by atoms with Gasteiger partial charge in [0.1, 0.15) is 0 Å². The standard InChI is InChI=1S/C21H24N4O3S2/c1-17-6-5-7-18(16-17)25-20(24-10-12-28-13-11-24)22-23-21(25)29-14-15-30(26,27)19-8-3-2-4-9-19/h2-9,16H,10-15H2,1H3. The van der Waals surface area contributed by atoms with Crippen molar-refractivity contribution in [2.75, 3.05) is 42.7 Å². The lowest BCUT2D eigenvalue weighted by molar-refractivity contribution is 0.122. The zero-order valence-corrected chi connectivity index (χ0v) is 18.4. The lowest BCUT2D eigenvalue weighted by Gasteiger charge is -2.28. The van der Waals surface area contributed by atoms with Crippen LogP contribution < -0.4 is 4.90 Å². The van der Waals surface area contributed by atoms with E-state index in [2.05, 4.69) is 21.2 Å². The Balaban J connectivity index is 1.58. The summed E-state index contributed by atoms with van der Waals surface area (Å²) in [4.78, 5) is 2.50. The molecule has 9 heteroatoms. The van der Waals surface area contributed by atoms with Crippen LogP contribution in [0.25, 0.3) is 5.69 Å². The van der Waals surface area contributed by atoms with Crippen LogP contribution in [0.4, 0.5) is 5.95 Å². The third-order valence-electron chi connectivity index (χ3n) is 4.86. The molecule has 30 heavy (non-hydrogen) atoms. The van der Waals surface area contributed by atoms with Crippen molar-refractivity contribution in [2.24, 2.45) is 0 Å². The molecule has 0 atom stereocenters. The first-order valence-corrected chi connectivity index (χ1v) is 12.4. The van der Waals surface area contributed by atoms with E-state index in [1.807, 2.05) is 35.8 Å². The Kier molecular flexibility index (Phi) is 6.40. The van der Waals surface area contributed by atoms with Crippen molar-refractivity contribution in [2.45, 2.75) is 17.0 Å². The number of aromatic nitrogens is 3. The molecule has 0 N–H and O–H groups in total. The second kappa shape index (κ2) is 9.20. The van der Waals surface area contributed by atoms with Crippen molar-refractivity contribution in [3.8, 4) is 5.69 Å². The summed E-state index contributed by atoms with van der Waals surface area (Å²) >= 11 is 1.41. The molecule has 1 aliphatic heterocycles. The van der Waals surface area contributed by atoms with Crippen LogP contribution >= 0.6 is 11.8 Å². The Bertz CT molecular complexity index is 1090. The zero-order chi connectivity index (χ0) is 21.0. The highest BCUT2D eigenvalue weighted by atomic mass is 32.2. The lowest BCUT2D eigenvalue weighted by atomic mass is 10.2. The average Bonchev–Trinajstić information content (AvgIpc) is 3.19. The van der Waals surface area contributed by atoms with Gasteiger partial charge in [0, 0.05) is 18.8 Å². The van der Waals surface area contributed by atoms with Crippen molar-refractivity contribution in [1.29, 1.82) is 0 Å². The number of rotatable bonds is 7. The molecule has 0 aliphatic carbocycles. The lowest BCUT2D eigenvalue weighted by Crippen LogP contribution is -2.37. The number of benzene rings is 2. The van der Waals surface area contributed by atoms with E-state index in [1.165, 1.54) is 11.8 Å². The summed E-state index contributed by atoms with van der Waals surface area (Å²) in [6.07, 6.45) is 0. The summed E-state index contributed by atoms with van der Waals surface area (Å²) in [6.45, 7) is 4.84. The summed E-state index contributed by atoms with van der Waals surface area (Å²) in [5.74, 6) is 1.19. The van der Waals surface area contributed by atoms with Crippen LogP contribution in [0.1, 0.15) is 5.56 Å². The molecule has 0 amide bonds. The van der Waals surface area contributed by atoms with Crippen LogP contribution in [0.15, 0.2) is 64.6 Å². The molecule has 3 aromatic rings. The van der Waals surface area contributed by atoms with Gasteiger partial charge in [-0.15, -0.1) is 10.2 Å². The number of hydrogen-bond donors (Lipinski definition) is 0. The number of ether oxygens (including phenoxy) is 1. The van der Waals surface area contributed by atoms with E-state index in [-0.39, 0.29) is 5.75 Å². The van der Waals surface area contributed by atoms with Gasteiger partial charge in [0.2, 0.25) is 5.95 Å². The normalized spacial score (nSPS) is 14.8. The van der Waals surface area contributed by atoms with Gasteiger partial charge < -0.3 is 9.64 Å². The van der Waals surface area contributed by atoms with Gasteiger partial charge in [-0.1, -0.05) is 42.1 Å². The van der Waals surface area contributed by atoms with Crippen LogP contribution in [-0.2, 0) is 14.6 Å². The summed E-state index contributed by atoms with van der Waals surface area (Å²) < 4.78 is 32.7. The highest BCUT2D eigenvalue weighted by molar-refractivity contribution is 8.00. The molecule has 1 saturated heterocycles. The second-order valence-electron chi connectivity index (χ2n) is 7.04. The Hall–Kier alpha value is -2.36. The summed E-state index contributed by atoms with van der Waals surface area (Å²) in [6, 6.07) is 16.7. The summed E-state index contributed by atoms with van der Waals surface area (Å²) in [7, 11) is -3.33. The molecule has 7 nitrogen and oxygen atoms in total. The van der Waals surface area contributed by atoms with Gasteiger partial charge in [0.15, 0.2) is 15.0 Å². The van der Waals surface area contributed by atoms with E-state index in [1.54, 1.807) is 24.3 Å². The fraction of sp³-hybridized carbons (Fsp3) is 0.333. The van der Waals surface area contributed by atoms with Crippen LogP contribution in [0, 0.1) is 6.92 Å². The van der Waals surface area contributed by atoms with E-state index in [0.717, 1.165) is 30.3 Å². The first-order valence-electron chi connectivity index (χ1n) is 9.80. The first-order chi connectivity index (χ1) is 14.5. The van der Waals surface area contributed by atoms with Crippen LogP contribution in [0.2, 0.25) is 0 Å². The van der Waals surface area contributed by atoms with E-state index >= 15 is 0 Å². The van der Waals surface area contributed by atoms with Gasteiger partial charge in [0.05, 0.1) is 29.5 Å². The number of aryl methyl sites for hydroxylation is 1. The van der Waals surface area contributed by atoms with E-state index in [9.17, 15) is 8.42 Å². The molecule has 4 rings (SSSR count). The minimum atomic E-state index is -3.33. The Labute approximate surface area is 181 Å². The topological polar surface area (TPSA) is 77.3 Å². The van der Waals surface area contributed by atoms with Crippen LogP contribution in [0.3, 0.4) is 0 Å². The number of morpholine rings is 1. The minimum Gasteiger partial charge on any atom is -0.378 e. The van der Waals surface area contributed by atoms with Crippen molar-refractivity contribution in [1.82, 2.24) is 14.8 Å². The number of hydrogen-bond acceptors (Lipinski definition) is 7. The zero-order valence-electron chi connectivity index (χ0n) is 16.8. The minimum absolute atomic E-state index is 0.0369. The highest BCUT2D eigenvalue weighted by Gasteiger charge is 2.22. The van der Waals surface area contributed by atoms with Gasteiger partial charge in [-0.2, -0.15) is 0 Å². The van der Waals surface area contributed by atoms with E-state index in [0.29, 0.717) is 29.0 Å². The molecule has 0 spiro atoms. The van der Waals surface area contributed by atoms with Crippen molar-refractivity contribution >= 4 is 27.5 Å². The molecule has 0 radical (unpaired) electrons. The van der Waals surface area contributed by atoms with Gasteiger partial charge >= 0.3 is 0 Å². The van der Waals surface area contributed by atoms with Gasteiger partial charge in [-0.05, 0) is 36.8 Å². The third-order valence-corrected chi connectivity index (χ3v) is 7.78. The smallest absolute Gasteiger partial charge is 0.232 e. The molecule has 158 valence electrons. The van der Waals surface area contributed by atoms with E-state index in [4.69, 9.17) is 4.74 Å². The van der Waals surface area contributed by atoms with Crippen LogP contribution in [0.5, 0.6) is 0 Å². The van der Waals surface area contributed by atoms with Gasteiger partial charge in [-0.25, -0.2) is 8.42 Å². The molecular weight excluding hydrogens is 420 g/mol. The maximum Gasteiger partial charge on any atom is 0.232 e. The van der Waals surface area contributed by atoms with Gasteiger partial charge in [0.25, 0.3) is 0 Å². The number of sulfone groups is 1. The quantitative estimate of drug-likeness (QED) is 0.519. The summed E-state index contributed by atoms with van der Waals surface area (Å²) in [5, 5.41) is 9.51. The predicted octanol–water partition coefficient (Wildman–Crippen LogP) is 2.98. The maximum absolute atomic E-state index is 12.6. The van der Waals surface area contributed by atoms with Crippen molar-refractivity contribution < 1.29 is 13.2 Å². The molecule has 0 saturated carbocycles. The summed E-state index contributed by atoms with van der Waals surface area (Å²) in [5.41, 5.74) is 2.10. The molecule has 0 bridgehead atoms. The fourth-order valence-electron chi connectivity index (χ4n) is 3.31. The monoisotopic (exact) mass is 444 g/mol. The van der Waals surface area contributed by atoms with E-state index < -0.39 is 9.84 Å². The second-order valence-corrected chi connectivity index (χ2v) is 10.2. The van der Waals surface area contributed by atoms with Crippen molar-refractivity contribution in [3.63, 3.8) is 0 Å². The molecule has 2 heterocycles. The molecule has 2 aromatic carbocycles. The first kappa shape index (κ1) is 20.9. The predicted molar refractivity (Wildman–Crippen MR) is 118 cm³/mol. The largest absolute Gasteiger partial charge is 0.378 e.